The molecule has 0 atom stereocenters. The molecule has 0 aliphatic heterocycles. The number of benzene rings is 3. The van der Waals surface area contributed by atoms with Crippen molar-refractivity contribution in [3.8, 4) is 0 Å². The Kier molecular flexibility index (Phi) is 7.78. The molecule has 0 aromatic heterocycles. The van der Waals surface area contributed by atoms with Gasteiger partial charge in [0.1, 0.15) is 0 Å². The van der Waals surface area contributed by atoms with Gasteiger partial charge in [0.15, 0.2) is 0 Å². The van der Waals surface area contributed by atoms with E-state index in [-0.39, 0.29) is 12.1 Å². The highest BCUT2D eigenvalue weighted by Gasteiger charge is 2.23. The van der Waals surface area contributed by atoms with Crippen LogP contribution in [0, 0.1) is 0 Å². The van der Waals surface area contributed by atoms with Crippen LogP contribution >= 0.6 is 0 Å². The molecule has 0 saturated heterocycles. The predicted molar refractivity (Wildman–Crippen MR) is 129 cm³/mol. The summed E-state index contributed by atoms with van der Waals surface area (Å²) in [5.74, 6) is -0.457. The summed E-state index contributed by atoms with van der Waals surface area (Å²) in [6.45, 7) is 1.98. The lowest BCUT2D eigenvalue weighted by atomic mass is 10.1. The molecule has 0 aliphatic rings. The number of carbonyl (C=O) groups excluding carboxylic acids is 1. The number of rotatable bonds is 9. The Balaban J connectivity index is 1.77. The first-order chi connectivity index (χ1) is 15.3. The molecule has 32 heavy (non-hydrogen) atoms. The zero-order valence-corrected chi connectivity index (χ0v) is 19.0. The van der Waals surface area contributed by atoms with Gasteiger partial charge in [-0.25, -0.2) is 13.8 Å². The van der Waals surface area contributed by atoms with Crippen molar-refractivity contribution < 1.29 is 13.2 Å². The Morgan fingerprint density at radius 3 is 2.06 bits per heavy atom. The smallest absolute Gasteiger partial charge is 0.267 e. The third-order valence-corrected chi connectivity index (χ3v) is 6.08. The van der Waals surface area contributed by atoms with E-state index < -0.39 is 15.9 Å². The summed E-state index contributed by atoms with van der Waals surface area (Å²) in [5, 5.41) is 4.21. The molecule has 7 heteroatoms. The van der Waals surface area contributed by atoms with Crippen LogP contribution in [0.3, 0.4) is 0 Å². The molecule has 3 rings (SSSR count). The lowest BCUT2D eigenvalue weighted by molar-refractivity contribution is 0.0955. The van der Waals surface area contributed by atoms with Crippen LogP contribution in [-0.2, 0) is 23.0 Å². The van der Waals surface area contributed by atoms with Gasteiger partial charge in [-0.2, -0.15) is 5.10 Å². The fourth-order valence-electron chi connectivity index (χ4n) is 3.25. The summed E-state index contributed by atoms with van der Waals surface area (Å²) in [5.41, 5.74) is 5.93. The topological polar surface area (TPSA) is 78.8 Å². The second-order valence-corrected chi connectivity index (χ2v) is 9.45. The summed E-state index contributed by atoms with van der Waals surface area (Å²) in [7, 11) is -3.63. The molecule has 3 aromatic rings. The zero-order chi connectivity index (χ0) is 23.0. The standard InChI is InChI=1S/C25H27N3O3S/c1-20(17-18-21-11-5-3-6-12-21)26-27-25(29)23-15-9-10-16-24(23)28(32(2,30)31)19-22-13-7-4-8-14-22/h3-16H,17-19H2,1-2H3,(H,27,29)/b26-20-. The number of anilines is 1. The summed E-state index contributed by atoms with van der Waals surface area (Å²) in [6.07, 6.45) is 2.66. The first-order valence-corrected chi connectivity index (χ1v) is 12.2. The minimum absolute atomic E-state index is 0.128. The number of para-hydroxylation sites is 1. The molecular formula is C25H27N3O3S. The summed E-state index contributed by atoms with van der Waals surface area (Å²) < 4.78 is 26.4. The van der Waals surface area contributed by atoms with E-state index in [1.807, 2.05) is 55.5 Å². The number of nitrogens with zero attached hydrogens (tertiary/aromatic N) is 2. The molecule has 0 spiro atoms. The number of hydrogen-bond donors (Lipinski definition) is 1. The first-order valence-electron chi connectivity index (χ1n) is 10.3. The van der Waals surface area contributed by atoms with Gasteiger partial charge in [-0.05, 0) is 43.0 Å². The van der Waals surface area contributed by atoms with E-state index in [4.69, 9.17) is 0 Å². The van der Waals surface area contributed by atoms with Crippen LogP contribution < -0.4 is 9.73 Å². The fourth-order valence-corrected chi connectivity index (χ4v) is 4.15. The molecule has 6 nitrogen and oxygen atoms in total. The average molecular weight is 450 g/mol. The van der Waals surface area contributed by atoms with Crippen LogP contribution in [-0.4, -0.2) is 26.3 Å². The van der Waals surface area contributed by atoms with Crippen molar-refractivity contribution >= 4 is 27.3 Å². The number of hydrogen-bond acceptors (Lipinski definition) is 4. The minimum atomic E-state index is -3.63. The molecule has 0 aliphatic carbocycles. The molecule has 1 amide bonds. The Labute approximate surface area is 189 Å². The van der Waals surface area contributed by atoms with Crippen molar-refractivity contribution in [2.24, 2.45) is 5.10 Å². The van der Waals surface area contributed by atoms with E-state index in [0.29, 0.717) is 12.1 Å². The summed E-state index contributed by atoms with van der Waals surface area (Å²) in [4.78, 5) is 12.9. The van der Waals surface area contributed by atoms with E-state index in [9.17, 15) is 13.2 Å². The van der Waals surface area contributed by atoms with Crippen LogP contribution in [0.4, 0.5) is 5.69 Å². The number of amides is 1. The molecule has 3 aromatic carbocycles. The molecule has 0 heterocycles. The van der Waals surface area contributed by atoms with Crippen LogP contribution in [0.1, 0.15) is 34.8 Å². The van der Waals surface area contributed by atoms with Gasteiger partial charge in [0, 0.05) is 5.71 Å². The van der Waals surface area contributed by atoms with Crippen molar-refractivity contribution in [1.29, 1.82) is 0 Å². The SMILES string of the molecule is C/C(CCc1ccccc1)=N/NC(=O)c1ccccc1N(Cc1ccccc1)S(C)(=O)=O. The predicted octanol–water partition coefficient (Wildman–Crippen LogP) is 4.39. The average Bonchev–Trinajstić information content (AvgIpc) is 2.80. The number of nitrogens with one attached hydrogen (secondary N) is 1. The second-order valence-electron chi connectivity index (χ2n) is 7.55. The molecule has 0 fully saturated rings. The summed E-state index contributed by atoms with van der Waals surface area (Å²) in [6, 6.07) is 26.0. The maximum absolute atomic E-state index is 12.9. The highest BCUT2D eigenvalue weighted by atomic mass is 32.2. The summed E-state index contributed by atoms with van der Waals surface area (Å²) >= 11 is 0. The van der Waals surface area contributed by atoms with Gasteiger partial charge in [-0.1, -0.05) is 72.8 Å². The van der Waals surface area contributed by atoms with E-state index in [2.05, 4.69) is 22.7 Å². The van der Waals surface area contributed by atoms with Gasteiger partial charge in [0.2, 0.25) is 10.0 Å². The van der Waals surface area contributed by atoms with Gasteiger partial charge < -0.3 is 0 Å². The van der Waals surface area contributed by atoms with E-state index in [1.54, 1.807) is 24.3 Å². The van der Waals surface area contributed by atoms with E-state index >= 15 is 0 Å². The van der Waals surface area contributed by atoms with Gasteiger partial charge in [0.05, 0.1) is 24.1 Å². The van der Waals surface area contributed by atoms with Gasteiger partial charge in [0.25, 0.3) is 5.91 Å². The number of carbonyl (C=O) groups is 1. The monoisotopic (exact) mass is 449 g/mol. The van der Waals surface area contributed by atoms with Gasteiger partial charge in [-0.15, -0.1) is 0 Å². The van der Waals surface area contributed by atoms with Crippen molar-refractivity contribution in [3.05, 3.63) is 102 Å². The largest absolute Gasteiger partial charge is 0.273 e. The third-order valence-electron chi connectivity index (χ3n) is 4.95. The van der Waals surface area contributed by atoms with Crippen LogP contribution in [0.25, 0.3) is 0 Å². The third kappa shape index (κ3) is 6.52. The Morgan fingerprint density at radius 1 is 0.875 bits per heavy atom. The molecule has 0 radical (unpaired) electrons. The van der Waals surface area contributed by atoms with Crippen LogP contribution in [0.2, 0.25) is 0 Å². The normalized spacial score (nSPS) is 11.8. The van der Waals surface area contributed by atoms with Crippen molar-refractivity contribution in [2.75, 3.05) is 10.6 Å². The molecular weight excluding hydrogens is 422 g/mol. The van der Waals surface area contributed by atoms with Crippen molar-refractivity contribution in [2.45, 2.75) is 26.3 Å². The first kappa shape index (κ1) is 23.2. The molecule has 0 bridgehead atoms. The molecule has 166 valence electrons. The minimum Gasteiger partial charge on any atom is -0.267 e. The second kappa shape index (κ2) is 10.7. The quantitative estimate of drug-likeness (QED) is 0.389. The van der Waals surface area contributed by atoms with Gasteiger partial charge in [-0.3, -0.25) is 9.10 Å². The van der Waals surface area contributed by atoms with Crippen molar-refractivity contribution in [3.63, 3.8) is 0 Å². The highest BCUT2D eigenvalue weighted by molar-refractivity contribution is 7.92. The Hall–Kier alpha value is -3.45. The number of hydrazone groups is 1. The maximum atomic E-state index is 12.9. The lowest BCUT2D eigenvalue weighted by Gasteiger charge is -2.24. The molecule has 0 unspecified atom stereocenters. The van der Waals surface area contributed by atoms with E-state index in [0.717, 1.165) is 24.0 Å². The van der Waals surface area contributed by atoms with Gasteiger partial charge >= 0.3 is 0 Å². The maximum Gasteiger partial charge on any atom is 0.273 e. The lowest BCUT2D eigenvalue weighted by Crippen LogP contribution is -2.32. The molecule has 1 N–H and O–H groups in total. The zero-order valence-electron chi connectivity index (χ0n) is 18.2. The number of aryl methyl sites for hydroxylation is 1. The Morgan fingerprint density at radius 2 is 1.44 bits per heavy atom. The fraction of sp³-hybridized carbons (Fsp3) is 0.200. The van der Waals surface area contributed by atoms with Crippen LogP contribution in [0.15, 0.2) is 90.0 Å². The Bertz CT molecular complexity index is 1180. The van der Waals surface area contributed by atoms with E-state index in [1.165, 1.54) is 9.87 Å². The van der Waals surface area contributed by atoms with Crippen LogP contribution in [0.5, 0.6) is 0 Å². The molecule has 0 saturated carbocycles. The number of sulfonamides is 1. The van der Waals surface area contributed by atoms with Crippen molar-refractivity contribution in [1.82, 2.24) is 5.43 Å². The highest BCUT2D eigenvalue weighted by Crippen LogP contribution is 2.25.